The van der Waals surface area contributed by atoms with E-state index >= 15 is 0 Å². The molecule has 1 heterocycles. The highest BCUT2D eigenvalue weighted by Gasteiger charge is 2.39. The first kappa shape index (κ1) is 10.1. The molecule has 0 bridgehead atoms. The van der Waals surface area contributed by atoms with Gasteiger partial charge in [0.25, 0.3) is 0 Å². The normalized spacial score (nSPS) is 19.1. The summed E-state index contributed by atoms with van der Waals surface area (Å²) in [6.45, 7) is 5.94. The van der Waals surface area contributed by atoms with Gasteiger partial charge in [-0.3, -0.25) is 0 Å². The van der Waals surface area contributed by atoms with Crippen molar-refractivity contribution < 1.29 is 4.74 Å². The predicted octanol–water partition coefficient (Wildman–Crippen LogP) is 2.50. The Bertz CT molecular complexity index is 337. The quantitative estimate of drug-likeness (QED) is 0.735. The van der Waals surface area contributed by atoms with Crippen molar-refractivity contribution in [2.75, 3.05) is 19.0 Å². The van der Waals surface area contributed by atoms with Gasteiger partial charge in [0.2, 0.25) is 0 Å². The second-order valence-electron chi connectivity index (χ2n) is 4.25. The van der Waals surface area contributed by atoms with Crippen molar-refractivity contribution in [1.29, 1.82) is 0 Å². The van der Waals surface area contributed by atoms with Crippen molar-refractivity contribution in [1.82, 2.24) is 0 Å². The van der Waals surface area contributed by atoms with Gasteiger partial charge < -0.3 is 4.74 Å². The minimum absolute atomic E-state index is 0.180. The number of hydrogen-bond acceptors (Lipinski definition) is 2. The number of rotatable bonds is 2. The summed E-state index contributed by atoms with van der Waals surface area (Å²) >= 11 is 4.45. The molecule has 0 spiro atoms. The highest BCUT2D eigenvalue weighted by molar-refractivity contribution is 7.80. The molecule has 1 aliphatic heterocycles. The molecule has 0 aliphatic carbocycles. The average Bonchev–Trinajstić information content (AvgIpc) is 2.10. The lowest BCUT2D eigenvalue weighted by atomic mass is 9.78. The van der Waals surface area contributed by atoms with Crippen LogP contribution in [0.5, 0.6) is 0 Å². The number of thiol groups is 1. The van der Waals surface area contributed by atoms with Crippen molar-refractivity contribution >= 4 is 12.6 Å². The van der Waals surface area contributed by atoms with Gasteiger partial charge in [-0.15, -0.1) is 0 Å². The first-order chi connectivity index (χ1) is 6.68. The first-order valence-electron chi connectivity index (χ1n) is 4.94. The van der Waals surface area contributed by atoms with Gasteiger partial charge in [0.1, 0.15) is 0 Å². The van der Waals surface area contributed by atoms with Crippen molar-refractivity contribution in [2.45, 2.75) is 19.3 Å². The Balaban J connectivity index is 2.43. The zero-order valence-corrected chi connectivity index (χ0v) is 9.60. The van der Waals surface area contributed by atoms with E-state index < -0.39 is 0 Å². The summed E-state index contributed by atoms with van der Waals surface area (Å²) in [5.74, 6) is 0.872. The lowest BCUT2D eigenvalue weighted by Gasteiger charge is -2.42. The number of benzene rings is 1. The van der Waals surface area contributed by atoms with Crippen LogP contribution in [0.3, 0.4) is 0 Å². The fourth-order valence-corrected chi connectivity index (χ4v) is 2.34. The maximum Gasteiger partial charge on any atom is 0.0593 e. The molecule has 2 heteroatoms. The maximum atomic E-state index is 5.33. The Kier molecular flexibility index (Phi) is 2.58. The molecule has 1 nitrogen and oxygen atoms in total. The Morgan fingerprint density at radius 3 is 2.57 bits per heavy atom. The Hall–Kier alpha value is -0.470. The van der Waals surface area contributed by atoms with E-state index in [0.717, 1.165) is 19.0 Å². The highest BCUT2D eigenvalue weighted by atomic mass is 32.1. The van der Waals surface area contributed by atoms with Gasteiger partial charge in [-0.2, -0.15) is 12.6 Å². The van der Waals surface area contributed by atoms with Crippen LogP contribution in [0, 0.1) is 13.8 Å². The van der Waals surface area contributed by atoms with Crippen LogP contribution < -0.4 is 0 Å². The third kappa shape index (κ3) is 1.47. The zero-order chi connectivity index (χ0) is 10.2. The summed E-state index contributed by atoms with van der Waals surface area (Å²) in [6.07, 6.45) is 0. The van der Waals surface area contributed by atoms with Gasteiger partial charge in [0, 0.05) is 5.75 Å². The minimum atomic E-state index is 0.180. The van der Waals surface area contributed by atoms with Crippen molar-refractivity contribution in [3.05, 3.63) is 34.9 Å². The van der Waals surface area contributed by atoms with E-state index in [0.29, 0.717) is 0 Å². The fraction of sp³-hybridized carbons (Fsp3) is 0.500. The summed E-state index contributed by atoms with van der Waals surface area (Å²) in [6, 6.07) is 6.62. The van der Waals surface area contributed by atoms with E-state index in [4.69, 9.17) is 4.74 Å². The van der Waals surface area contributed by atoms with Crippen molar-refractivity contribution in [2.24, 2.45) is 0 Å². The van der Waals surface area contributed by atoms with E-state index in [9.17, 15) is 0 Å². The number of hydrogen-bond donors (Lipinski definition) is 1. The molecule has 0 radical (unpaired) electrons. The third-order valence-electron chi connectivity index (χ3n) is 3.02. The summed E-state index contributed by atoms with van der Waals surface area (Å²) in [7, 11) is 0. The topological polar surface area (TPSA) is 9.23 Å². The van der Waals surface area contributed by atoms with E-state index in [2.05, 4.69) is 44.7 Å². The van der Waals surface area contributed by atoms with E-state index in [1.54, 1.807) is 0 Å². The Labute approximate surface area is 90.9 Å². The SMILES string of the molecule is Cc1ccc(C)c(C2(CS)COC2)c1. The van der Waals surface area contributed by atoms with E-state index in [-0.39, 0.29) is 5.41 Å². The van der Waals surface area contributed by atoms with Crippen LogP contribution in [-0.2, 0) is 10.2 Å². The van der Waals surface area contributed by atoms with Gasteiger partial charge in [-0.25, -0.2) is 0 Å². The zero-order valence-electron chi connectivity index (χ0n) is 8.71. The van der Waals surface area contributed by atoms with Crippen molar-refractivity contribution in [3.8, 4) is 0 Å². The Morgan fingerprint density at radius 1 is 1.36 bits per heavy atom. The number of aryl methyl sites for hydroxylation is 2. The summed E-state index contributed by atoms with van der Waals surface area (Å²) < 4.78 is 5.33. The van der Waals surface area contributed by atoms with Gasteiger partial charge in [-0.05, 0) is 25.0 Å². The van der Waals surface area contributed by atoms with Gasteiger partial charge in [-0.1, -0.05) is 23.8 Å². The second-order valence-corrected chi connectivity index (χ2v) is 4.57. The molecule has 1 fully saturated rings. The summed E-state index contributed by atoms with van der Waals surface area (Å²) in [5, 5.41) is 0. The minimum Gasteiger partial charge on any atom is -0.379 e. The average molecular weight is 208 g/mol. The van der Waals surface area contributed by atoms with E-state index in [1.807, 2.05) is 0 Å². The third-order valence-corrected chi connectivity index (χ3v) is 3.63. The van der Waals surface area contributed by atoms with E-state index in [1.165, 1.54) is 16.7 Å². The van der Waals surface area contributed by atoms with Crippen LogP contribution in [0.1, 0.15) is 16.7 Å². The second kappa shape index (κ2) is 3.59. The van der Waals surface area contributed by atoms with Crippen LogP contribution in [0.4, 0.5) is 0 Å². The lowest BCUT2D eigenvalue weighted by Crippen LogP contribution is -2.48. The highest BCUT2D eigenvalue weighted by Crippen LogP contribution is 2.35. The molecule has 2 rings (SSSR count). The molecule has 76 valence electrons. The molecule has 0 unspecified atom stereocenters. The molecule has 1 aromatic carbocycles. The van der Waals surface area contributed by atoms with Crippen LogP contribution in [-0.4, -0.2) is 19.0 Å². The first-order valence-corrected chi connectivity index (χ1v) is 5.57. The standard InChI is InChI=1S/C12H16OS/c1-9-3-4-10(2)11(5-9)12(8-14)6-13-7-12/h3-5,14H,6-8H2,1-2H3. The summed E-state index contributed by atoms with van der Waals surface area (Å²) in [4.78, 5) is 0. The number of ether oxygens (including phenoxy) is 1. The predicted molar refractivity (Wildman–Crippen MR) is 62.3 cm³/mol. The molecule has 1 aromatic rings. The van der Waals surface area contributed by atoms with Gasteiger partial charge in [0.15, 0.2) is 0 Å². The molecule has 1 saturated heterocycles. The molecular formula is C12H16OS. The van der Waals surface area contributed by atoms with Crippen molar-refractivity contribution in [3.63, 3.8) is 0 Å². The van der Waals surface area contributed by atoms with Crippen LogP contribution >= 0.6 is 12.6 Å². The Morgan fingerprint density at radius 2 is 2.07 bits per heavy atom. The molecule has 1 aliphatic rings. The molecule has 0 atom stereocenters. The maximum absolute atomic E-state index is 5.33. The molecule has 0 N–H and O–H groups in total. The molecule has 0 saturated carbocycles. The lowest BCUT2D eigenvalue weighted by molar-refractivity contribution is -0.0473. The smallest absolute Gasteiger partial charge is 0.0593 e. The van der Waals surface area contributed by atoms with Crippen LogP contribution in [0.25, 0.3) is 0 Å². The monoisotopic (exact) mass is 208 g/mol. The van der Waals surface area contributed by atoms with Gasteiger partial charge in [0.05, 0.1) is 18.6 Å². The van der Waals surface area contributed by atoms with Crippen LogP contribution in [0.15, 0.2) is 18.2 Å². The fourth-order valence-electron chi connectivity index (χ4n) is 1.99. The molecule has 14 heavy (non-hydrogen) atoms. The van der Waals surface area contributed by atoms with Crippen LogP contribution in [0.2, 0.25) is 0 Å². The van der Waals surface area contributed by atoms with Gasteiger partial charge >= 0.3 is 0 Å². The molecule has 0 aromatic heterocycles. The summed E-state index contributed by atoms with van der Waals surface area (Å²) in [5.41, 5.74) is 4.27. The molecular weight excluding hydrogens is 192 g/mol. The largest absolute Gasteiger partial charge is 0.379 e. The molecule has 0 amide bonds.